The molecule has 0 aliphatic carbocycles. The van der Waals surface area contributed by atoms with Crippen molar-refractivity contribution in [1.29, 1.82) is 0 Å². The molecule has 0 aromatic carbocycles. The fourth-order valence-corrected chi connectivity index (χ4v) is 4.64. The summed E-state index contributed by atoms with van der Waals surface area (Å²) in [5, 5.41) is 0.986. The molecule has 0 saturated carbocycles. The molecule has 0 fully saturated rings. The van der Waals surface area contributed by atoms with Crippen LogP contribution in [0.4, 0.5) is 0 Å². The third-order valence-electron chi connectivity index (χ3n) is 6.80. The van der Waals surface area contributed by atoms with Gasteiger partial charge in [-0.3, -0.25) is 9.36 Å². The molecule has 2 aromatic rings. The SMILES string of the molecule is CCCCCCCCCCCCn1c(=O)ccc2cc(OCCCCCCCCCC)cnc21. The zero-order valence-corrected chi connectivity index (χ0v) is 22.2. The van der Waals surface area contributed by atoms with Gasteiger partial charge >= 0.3 is 0 Å². The Kier molecular flexibility index (Phi) is 15.4. The number of aromatic nitrogens is 2. The van der Waals surface area contributed by atoms with Crippen LogP contribution >= 0.6 is 0 Å². The van der Waals surface area contributed by atoms with E-state index in [2.05, 4.69) is 18.8 Å². The minimum Gasteiger partial charge on any atom is -0.492 e. The van der Waals surface area contributed by atoms with Gasteiger partial charge in [-0.15, -0.1) is 0 Å². The average molecular weight is 471 g/mol. The number of hydrogen-bond donors (Lipinski definition) is 0. The number of pyridine rings is 2. The first-order valence-electron chi connectivity index (χ1n) is 14.4. The summed E-state index contributed by atoms with van der Waals surface area (Å²) >= 11 is 0. The summed E-state index contributed by atoms with van der Waals surface area (Å²) in [7, 11) is 0. The van der Waals surface area contributed by atoms with E-state index in [1.807, 2.05) is 16.7 Å². The van der Waals surface area contributed by atoms with Crippen LogP contribution in [0.5, 0.6) is 5.75 Å². The van der Waals surface area contributed by atoms with Crippen LogP contribution in [0.3, 0.4) is 0 Å². The summed E-state index contributed by atoms with van der Waals surface area (Å²) in [6.45, 7) is 6.01. The Morgan fingerprint density at radius 1 is 0.706 bits per heavy atom. The molecule has 0 N–H and O–H groups in total. The van der Waals surface area contributed by atoms with Crippen LogP contribution in [0.25, 0.3) is 11.0 Å². The Bertz CT molecular complexity index is 830. The maximum absolute atomic E-state index is 12.5. The molecular formula is C30H50N2O2. The van der Waals surface area contributed by atoms with Crippen molar-refractivity contribution in [2.24, 2.45) is 0 Å². The summed E-state index contributed by atoms with van der Waals surface area (Å²) in [5.41, 5.74) is 0.825. The van der Waals surface area contributed by atoms with Crippen LogP contribution < -0.4 is 10.3 Å². The van der Waals surface area contributed by atoms with Crippen molar-refractivity contribution in [2.45, 2.75) is 136 Å². The highest BCUT2D eigenvalue weighted by Gasteiger charge is 2.06. The van der Waals surface area contributed by atoms with Gasteiger partial charge < -0.3 is 4.74 Å². The van der Waals surface area contributed by atoms with Crippen molar-refractivity contribution in [3.63, 3.8) is 0 Å². The Morgan fingerprint density at radius 3 is 1.82 bits per heavy atom. The summed E-state index contributed by atoms with van der Waals surface area (Å²) < 4.78 is 7.78. The molecule has 0 unspecified atom stereocenters. The molecular weight excluding hydrogens is 420 g/mol. The maximum atomic E-state index is 12.5. The Morgan fingerprint density at radius 2 is 1.24 bits per heavy atom. The molecule has 0 aliphatic rings. The first-order valence-corrected chi connectivity index (χ1v) is 14.4. The molecule has 0 atom stereocenters. The second kappa shape index (κ2) is 18.5. The highest BCUT2D eigenvalue weighted by molar-refractivity contribution is 5.76. The lowest BCUT2D eigenvalue weighted by Gasteiger charge is -2.11. The second-order valence-electron chi connectivity index (χ2n) is 9.91. The van der Waals surface area contributed by atoms with Crippen LogP contribution in [-0.2, 0) is 6.54 Å². The first-order chi connectivity index (χ1) is 16.8. The van der Waals surface area contributed by atoms with Gasteiger partial charge in [0.1, 0.15) is 11.4 Å². The van der Waals surface area contributed by atoms with Crippen molar-refractivity contribution in [1.82, 2.24) is 9.55 Å². The number of ether oxygens (including phenoxy) is 1. The zero-order valence-electron chi connectivity index (χ0n) is 22.2. The van der Waals surface area contributed by atoms with E-state index in [0.717, 1.165) is 42.8 Å². The van der Waals surface area contributed by atoms with Crippen molar-refractivity contribution in [3.8, 4) is 5.75 Å². The number of rotatable bonds is 21. The largest absolute Gasteiger partial charge is 0.492 e. The fourth-order valence-electron chi connectivity index (χ4n) is 4.64. The van der Waals surface area contributed by atoms with Crippen LogP contribution in [0.15, 0.2) is 29.2 Å². The van der Waals surface area contributed by atoms with Crippen molar-refractivity contribution < 1.29 is 4.74 Å². The van der Waals surface area contributed by atoms with E-state index in [1.54, 1.807) is 12.3 Å². The van der Waals surface area contributed by atoms with Gasteiger partial charge in [0, 0.05) is 18.0 Å². The van der Waals surface area contributed by atoms with Gasteiger partial charge in [0.05, 0.1) is 12.8 Å². The minimum absolute atomic E-state index is 0.0449. The van der Waals surface area contributed by atoms with Crippen LogP contribution in [-0.4, -0.2) is 16.2 Å². The quantitative estimate of drug-likeness (QED) is 0.171. The van der Waals surface area contributed by atoms with Crippen molar-refractivity contribution in [3.05, 3.63) is 34.7 Å². The number of fused-ring (bicyclic) bond motifs is 1. The summed E-state index contributed by atoms with van der Waals surface area (Å²) in [5.74, 6) is 0.805. The molecule has 0 aliphatic heterocycles. The molecule has 0 spiro atoms. The van der Waals surface area contributed by atoms with Crippen LogP contribution in [0.1, 0.15) is 129 Å². The molecule has 0 bridgehead atoms. The third kappa shape index (κ3) is 11.5. The number of nitrogens with zero attached hydrogens (tertiary/aromatic N) is 2. The highest BCUT2D eigenvalue weighted by atomic mass is 16.5. The normalized spacial score (nSPS) is 11.4. The van der Waals surface area contributed by atoms with Gasteiger partial charge in [-0.2, -0.15) is 0 Å². The topological polar surface area (TPSA) is 44.1 Å². The van der Waals surface area contributed by atoms with E-state index in [4.69, 9.17) is 4.74 Å². The molecule has 2 heterocycles. The maximum Gasteiger partial charge on any atom is 0.252 e. The molecule has 2 aromatic heterocycles. The van der Waals surface area contributed by atoms with Crippen molar-refractivity contribution >= 4 is 11.0 Å². The van der Waals surface area contributed by atoms with E-state index in [9.17, 15) is 4.79 Å². The summed E-state index contributed by atoms with van der Waals surface area (Å²) in [6, 6.07) is 5.58. The smallest absolute Gasteiger partial charge is 0.252 e. The summed E-state index contributed by atoms with van der Waals surface area (Å²) in [4.78, 5) is 17.1. The predicted octanol–water partition coefficient (Wildman–Crippen LogP) is 8.84. The van der Waals surface area contributed by atoms with E-state index < -0.39 is 0 Å². The monoisotopic (exact) mass is 470 g/mol. The molecule has 2 rings (SSSR count). The Labute approximate surface area is 208 Å². The third-order valence-corrected chi connectivity index (χ3v) is 6.80. The van der Waals surface area contributed by atoms with Gasteiger partial charge in [0.15, 0.2) is 0 Å². The minimum atomic E-state index is 0.0449. The number of unbranched alkanes of at least 4 members (excludes halogenated alkanes) is 16. The van der Waals surface area contributed by atoms with E-state index in [1.165, 1.54) is 103 Å². The number of hydrogen-bond acceptors (Lipinski definition) is 3. The van der Waals surface area contributed by atoms with Crippen LogP contribution in [0.2, 0.25) is 0 Å². The molecule has 34 heavy (non-hydrogen) atoms. The molecule has 4 nitrogen and oxygen atoms in total. The zero-order chi connectivity index (χ0) is 24.3. The molecule has 0 amide bonds. The van der Waals surface area contributed by atoms with Crippen LogP contribution in [0, 0.1) is 0 Å². The molecule has 0 saturated heterocycles. The number of aryl methyl sites for hydroxylation is 1. The van der Waals surface area contributed by atoms with E-state index >= 15 is 0 Å². The lowest BCUT2D eigenvalue weighted by atomic mass is 10.1. The fraction of sp³-hybridized carbons (Fsp3) is 0.733. The predicted molar refractivity (Wildman–Crippen MR) is 146 cm³/mol. The van der Waals surface area contributed by atoms with E-state index in [0.29, 0.717) is 0 Å². The lowest BCUT2D eigenvalue weighted by molar-refractivity contribution is 0.303. The van der Waals surface area contributed by atoms with Crippen molar-refractivity contribution in [2.75, 3.05) is 6.61 Å². The van der Waals surface area contributed by atoms with Gasteiger partial charge in [0.2, 0.25) is 0 Å². The second-order valence-corrected chi connectivity index (χ2v) is 9.91. The highest BCUT2D eigenvalue weighted by Crippen LogP contribution is 2.19. The lowest BCUT2D eigenvalue weighted by Crippen LogP contribution is -2.20. The van der Waals surface area contributed by atoms with Gasteiger partial charge in [-0.05, 0) is 25.0 Å². The summed E-state index contributed by atoms with van der Waals surface area (Å²) in [6.07, 6.45) is 25.1. The van der Waals surface area contributed by atoms with Gasteiger partial charge in [-0.1, -0.05) is 117 Å². The standard InChI is InChI=1S/C30H50N2O2/c1-3-5-7-9-11-13-14-15-17-19-23-32-29(33)22-21-27-25-28(26-31-30(27)32)34-24-20-18-16-12-10-8-6-4-2/h21-22,25-26H,3-20,23-24H2,1-2H3. The molecule has 0 radical (unpaired) electrons. The Balaban J connectivity index is 1.68. The average Bonchev–Trinajstić information content (AvgIpc) is 2.85. The molecule has 192 valence electrons. The Hall–Kier alpha value is -1.84. The van der Waals surface area contributed by atoms with E-state index in [-0.39, 0.29) is 5.56 Å². The van der Waals surface area contributed by atoms with Gasteiger partial charge in [0.25, 0.3) is 5.56 Å². The first kappa shape index (κ1) is 28.4. The molecule has 4 heteroatoms. The van der Waals surface area contributed by atoms with Gasteiger partial charge in [-0.25, -0.2) is 4.98 Å².